The summed E-state index contributed by atoms with van der Waals surface area (Å²) in [4.78, 5) is 32.4. The summed E-state index contributed by atoms with van der Waals surface area (Å²) in [5.74, 6) is 2.24. The molecule has 2 bridgehead atoms. The number of rotatable bonds is 6. The summed E-state index contributed by atoms with van der Waals surface area (Å²) >= 11 is 3.19. The van der Waals surface area contributed by atoms with Crippen molar-refractivity contribution in [2.24, 2.45) is 23.7 Å². The molecule has 0 unspecified atom stereocenters. The predicted octanol–water partition coefficient (Wildman–Crippen LogP) is 4.92. The van der Waals surface area contributed by atoms with Gasteiger partial charge in [0.25, 0.3) is 0 Å². The minimum Gasteiger partial charge on any atom is -0.497 e. The number of benzene rings is 2. The quantitative estimate of drug-likeness (QED) is 0.285. The molecule has 3 aromatic rings. The third-order valence-electron chi connectivity index (χ3n) is 6.92. The van der Waals surface area contributed by atoms with Crippen molar-refractivity contribution >= 4 is 50.8 Å². The number of amides is 2. The third kappa shape index (κ3) is 3.27. The largest absolute Gasteiger partial charge is 0.497 e. The van der Waals surface area contributed by atoms with E-state index in [-0.39, 0.29) is 35.5 Å². The molecule has 0 spiro atoms. The van der Waals surface area contributed by atoms with E-state index in [4.69, 9.17) is 14.5 Å². The first-order valence-corrected chi connectivity index (χ1v) is 12.7. The monoisotopic (exact) mass is 478 g/mol. The van der Waals surface area contributed by atoms with Gasteiger partial charge >= 0.3 is 0 Å². The minimum absolute atomic E-state index is 0.0505. The Hall–Kier alpha value is -2.84. The number of carbonyl (C=O) groups is 2. The number of aromatic nitrogens is 1. The lowest BCUT2D eigenvalue weighted by molar-refractivity contribution is -0.123. The Morgan fingerprint density at radius 2 is 1.79 bits per heavy atom. The minimum atomic E-state index is -0.186. The first-order chi connectivity index (χ1) is 16.1. The molecule has 6 nitrogen and oxygen atoms in total. The van der Waals surface area contributed by atoms with E-state index in [2.05, 4.69) is 12.2 Å². The van der Waals surface area contributed by atoms with E-state index in [9.17, 15) is 9.59 Å². The molecule has 1 aromatic heterocycles. The van der Waals surface area contributed by atoms with Gasteiger partial charge in [-0.25, -0.2) is 9.88 Å². The molecule has 0 N–H and O–H groups in total. The summed E-state index contributed by atoms with van der Waals surface area (Å²) in [5, 5.41) is 0. The van der Waals surface area contributed by atoms with Gasteiger partial charge in [-0.3, -0.25) is 9.59 Å². The predicted molar refractivity (Wildman–Crippen MR) is 129 cm³/mol. The molecule has 2 aromatic carbocycles. The number of hydrogen-bond donors (Lipinski definition) is 0. The number of carbonyl (C=O) groups excluding carboxylic acids is 2. The lowest BCUT2D eigenvalue weighted by atomic mass is 9.85. The summed E-state index contributed by atoms with van der Waals surface area (Å²) < 4.78 is 12.7. The first-order valence-electron chi connectivity index (χ1n) is 10.9. The average molecular weight is 479 g/mol. The van der Waals surface area contributed by atoms with Crippen molar-refractivity contribution in [3.05, 3.63) is 54.1 Å². The summed E-state index contributed by atoms with van der Waals surface area (Å²) in [6.45, 7) is 0. The summed E-state index contributed by atoms with van der Waals surface area (Å²) in [6.07, 6.45) is 5.18. The normalized spacial score (nSPS) is 25.3. The van der Waals surface area contributed by atoms with Crippen molar-refractivity contribution in [3.63, 3.8) is 0 Å². The standard InChI is InChI=1S/C25H22N2O4S2/c1-30-17-6-8-19(31-2)15(10-17)12-32-25-26-18-7-5-16(11-20(18)33-25)27-23(28)21-13-3-4-14(9-13)22(21)24(27)29/h3-8,10-11,13-14,21-22H,9,12H2,1-2H3/t13-,14-,21-,22-/m0/s1. The van der Waals surface area contributed by atoms with Gasteiger partial charge in [-0.05, 0) is 54.7 Å². The van der Waals surface area contributed by atoms with E-state index in [1.54, 1.807) is 37.3 Å². The van der Waals surface area contributed by atoms with Crippen LogP contribution in [0.5, 0.6) is 11.5 Å². The van der Waals surface area contributed by atoms with Crippen molar-refractivity contribution in [3.8, 4) is 11.5 Å². The van der Waals surface area contributed by atoms with Gasteiger partial charge in [0, 0.05) is 11.3 Å². The zero-order valence-electron chi connectivity index (χ0n) is 18.2. The molecule has 0 radical (unpaired) electrons. The first kappa shape index (κ1) is 20.7. The van der Waals surface area contributed by atoms with E-state index >= 15 is 0 Å². The van der Waals surface area contributed by atoms with E-state index in [1.807, 2.05) is 36.4 Å². The molecule has 168 valence electrons. The van der Waals surface area contributed by atoms with Gasteiger partial charge in [-0.1, -0.05) is 23.9 Å². The average Bonchev–Trinajstić information content (AvgIpc) is 3.60. The van der Waals surface area contributed by atoms with Crippen LogP contribution < -0.4 is 14.4 Å². The molecule has 2 fully saturated rings. The second kappa shape index (κ2) is 7.88. The lowest BCUT2D eigenvalue weighted by Gasteiger charge is -2.17. The van der Waals surface area contributed by atoms with Gasteiger partial charge in [0.2, 0.25) is 11.8 Å². The van der Waals surface area contributed by atoms with Crippen LogP contribution in [0.1, 0.15) is 12.0 Å². The molecular weight excluding hydrogens is 456 g/mol. The van der Waals surface area contributed by atoms with Crippen molar-refractivity contribution in [2.75, 3.05) is 19.1 Å². The Morgan fingerprint density at radius 3 is 2.48 bits per heavy atom. The van der Waals surface area contributed by atoms with Crippen molar-refractivity contribution in [1.29, 1.82) is 0 Å². The summed E-state index contributed by atoms with van der Waals surface area (Å²) in [6, 6.07) is 11.4. The molecular formula is C25H22N2O4S2. The van der Waals surface area contributed by atoms with Crippen LogP contribution >= 0.6 is 23.1 Å². The molecule has 2 amide bonds. The Kier molecular flexibility index (Phi) is 4.96. The molecule has 8 heteroatoms. The molecule has 33 heavy (non-hydrogen) atoms. The van der Waals surface area contributed by atoms with Gasteiger partial charge < -0.3 is 9.47 Å². The van der Waals surface area contributed by atoms with Crippen LogP contribution in [0, 0.1) is 23.7 Å². The topological polar surface area (TPSA) is 68.7 Å². The molecule has 4 atom stereocenters. The van der Waals surface area contributed by atoms with Crippen LogP contribution in [0.15, 0.2) is 52.9 Å². The van der Waals surface area contributed by atoms with Crippen molar-refractivity contribution < 1.29 is 19.1 Å². The highest BCUT2D eigenvalue weighted by Gasteiger charge is 2.59. The molecule has 1 saturated carbocycles. The number of allylic oxidation sites excluding steroid dienone is 2. The fourth-order valence-electron chi connectivity index (χ4n) is 5.38. The number of methoxy groups -OCH3 is 2. The fourth-order valence-corrected chi connectivity index (χ4v) is 7.46. The van der Waals surface area contributed by atoms with Gasteiger partial charge in [-0.15, -0.1) is 11.3 Å². The summed E-state index contributed by atoms with van der Waals surface area (Å²) in [7, 11) is 3.31. The van der Waals surface area contributed by atoms with Gasteiger partial charge in [0.15, 0.2) is 4.34 Å². The molecule has 1 aliphatic heterocycles. The van der Waals surface area contributed by atoms with Gasteiger partial charge in [0.1, 0.15) is 11.5 Å². The van der Waals surface area contributed by atoms with Crippen LogP contribution in [0.25, 0.3) is 10.2 Å². The Morgan fingerprint density at radius 1 is 1.03 bits per heavy atom. The zero-order valence-corrected chi connectivity index (χ0v) is 19.8. The number of thioether (sulfide) groups is 1. The van der Waals surface area contributed by atoms with E-state index in [1.165, 1.54) is 4.90 Å². The Labute approximate surface area is 199 Å². The Balaban J connectivity index is 1.24. The molecule has 2 aliphatic carbocycles. The Bertz CT molecular complexity index is 1290. The molecule has 6 rings (SSSR count). The van der Waals surface area contributed by atoms with E-state index in [0.29, 0.717) is 11.4 Å². The number of anilines is 1. The lowest BCUT2D eigenvalue weighted by Crippen LogP contribution is -2.32. The van der Waals surface area contributed by atoms with Crippen LogP contribution in [-0.2, 0) is 15.3 Å². The van der Waals surface area contributed by atoms with Crippen LogP contribution in [0.3, 0.4) is 0 Å². The van der Waals surface area contributed by atoms with Gasteiger partial charge in [-0.2, -0.15) is 0 Å². The van der Waals surface area contributed by atoms with E-state index in [0.717, 1.165) is 38.0 Å². The smallest absolute Gasteiger partial charge is 0.238 e. The zero-order chi connectivity index (χ0) is 22.7. The van der Waals surface area contributed by atoms with Crippen molar-refractivity contribution in [2.45, 2.75) is 16.5 Å². The van der Waals surface area contributed by atoms with Crippen LogP contribution in [0.2, 0.25) is 0 Å². The maximum absolute atomic E-state index is 13.1. The number of nitrogens with zero attached hydrogens (tertiary/aromatic N) is 2. The highest BCUT2D eigenvalue weighted by atomic mass is 32.2. The van der Waals surface area contributed by atoms with E-state index < -0.39 is 0 Å². The number of thiazole rings is 1. The maximum atomic E-state index is 13.1. The highest BCUT2D eigenvalue weighted by Crippen LogP contribution is 2.53. The number of fused-ring (bicyclic) bond motifs is 6. The molecule has 3 aliphatic rings. The number of imide groups is 1. The van der Waals surface area contributed by atoms with Crippen LogP contribution in [-0.4, -0.2) is 31.0 Å². The van der Waals surface area contributed by atoms with Crippen LogP contribution in [0.4, 0.5) is 5.69 Å². The highest BCUT2D eigenvalue weighted by molar-refractivity contribution is 8.00. The molecule has 1 saturated heterocycles. The second-order valence-corrected chi connectivity index (χ2v) is 10.9. The third-order valence-corrected chi connectivity index (χ3v) is 9.13. The maximum Gasteiger partial charge on any atom is 0.238 e. The number of hydrogen-bond acceptors (Lipinski definition) is 7. The summed E-state index contributed by atoms with van der Waals surface area (Å²) in [5.41, 5.74) is 2.55. The molecule has 2 heterocycles. The van der Waals surface area contributed by atoms with Crippen molar-refractivity contribution in [1.82, 2.24) is 4.98 Å². The number of ether oxygens (including phenoxy) is 2. The fraction of sp³-hybridized carbons (Fsp3) is 0.320. The SMILES string of the molecule is COc1ccc(OC)c(CSc2nc3ccc(N4C(=O)[C@@H]5[C@@H](C4=O)[C@H]4C=C[C@H]5C4)cc3s2)c1. The second-order valence-electron chi connectivity index (χ2n) is 8.61. The van der Waals surface area contributed by atoms with Gasteiger partial charge in [0.05, 0.1) is 42.0 Å².